The molecular weight excluding hydrogens is 246 g/mol. The number of rotatable bonds is 4. The Kier molecular flexibility index (Phi) is 5.19. The molecule has 0 bridgehead atoms. The maximum Gasteiger partial charge on any atom is 0.313 e. The van der Waals surface area contributed by atoms with E-state index in [2.05, 4.69) is 5.32 Å². The first-order valence-electron chi connectivity index (χ1n) is 5.20. The Bertz CT molecular complexity index is 432. The second-order valence-corrected chi connectivity index (χ2v) is 3.38. The van der Waals surface area contributed by atoms with Crippen molar-refractivity contribution in [1.29, 1.82) is 0 Å². The Morgan fingerprint density at radius 1 is 1.17 bits per heavy atom. The summed E-state index contributed by atoms with van der Waals surface area (Å²) in [4.78, 5) is 22.5. The van der Waals surface area contributed by atoms with Crippen molar-refractivity contribution in [2.45, 2.75) is 6.42 Å². The molecule has 0 atom stereocenters. The van der Waals surface area contributed by atoms with Crippen LogP contribution in [0.25, 0.3) is 0 Å². The molecule has 0 aliphatic rings. The van der Waals surface area contributed by atoms with Crippen molar-refractivity contribution in [3.8, 4) is 0 Å². The van der Waals surface area contributed by atoms with Crippen LogP contribution in [0, 0.1) is 11.6 Å². The molecule has 0 radical (unpaired) electrons. The first-order valence-corrected chi connectivity index (χ1v) is 5.20. The fourth-order valence-corrected chi connectivity index (χ4v) is 1.15. The number of hydrogen-bond acceptors (Lipinski definition) is 3. The van der Waals surface area contributed by atoms with E-state index in [1.54, 1.807) is 0 Å². The number of carbonyl (C=O) groups excluding carboxylic acids is 2. The van der Waals surface area contributed by atoms with Gasteiger partial charge in [0.1, 0.15) is 17.3 Å². The monoisotopic (exact) mass is 258 g/mol. The fourth-order valence-electron chi connectivity index (χ4n) is 1.15. The molecule has 1 aromatic carbocycles. The second kappa shape index (κ2) is 6.65. The number of halogens is 2. The quantitative estimate of drug-likeness (QED) is 0.540. The van der Waals surface area contributed by atoms with Gasteiger partial charge in [-0.25, -0.2) is 8.78 Å². The van der Waals surface area contributed by atoms with E-state index in [-0.39, 0.29) is 19.6 Å². The van der Waals surface area contributed by atoms with Crippen LogP contribution < -0.4 is 10.6 Å². The molecular formula is C11H12F2N2O3. The summed E-state index contributed by atoms with van der Waals surface area (Å²) in [6.45, 7) is -0.0354. The van der Waals surface area contributed by atoms with Gasteiger partial charge in [0.2, 0.25) is 0 Å². The molecule has 18 heavy (non-hydrogen) atoms. The van der Waals surface area contributed by atoms with Gasteiger partial charge in [-0.15, -0.1) is 0 Å². The van der Waals surface area contributed by atoms with Crippen molar-refractivity contribution in [2.24, 2.45) is 0 Å². The standard InChI is InChI=1S/C11H12F2N2O3/c12-7-3-1-4-8(13)9(7)15-11(18)10(17)14-5-2-6-16/h1,3-4,16H,2,5-6H2,(H,14,17)(H,15,18). The summed E-state index contributed by atoms with van der Waals surface area (Å²) in [6, 6.07) is 3.06. The number of para-hydroxylation sites is 1. The van der Waals surface area contributed by atoms with Crippen molar-refractivity contribution in [1.82, 2.24) is 5.32 Å². The highest BCUT2D eigenvalue weighted by molar-refractivity contribution is 6.39. The summed E-state index contributed by atoms with van der Waals surface area (Å²) in [7, 11) is 0. The summed E-state index contributed by atoms with van der Waals surface area (Å²) < 4.78 is 26.3. The van der Waals surface area contributed by atoms with Gasteiger partial charge in [-0.2, -0.15) is 0 Å². The van der Waals surface area contributed by atoms with E-state index < -0.39 is 29.1 Å². The molecule has 0 unspecified atom stereocenters. The molecule has 5 nitrogen and oxygen atoms in total. The largest absolute Gasteiger partial charge is 0.396 e. The zero-order chi connectivity index (χ0) is 13.5. The van der Waals surface area contributed by atoms with E-state index in [1.165, 1.54) is 0 Å². The molecule has 3 N–H and O–H groups in total. The number of carbonyl (C=O) groups is 2. The molecule has 0 spiro atoms. The van der Waals surface area contributed by atoms with Crippen LogP contribution in [0.1, 0.15) is 6.42 Å². The van der Waals surface area contributed by atoms with Crippen LogP contribution in [0.2, 0.25) is 0 Å². The van der Waals surface area contributed by atoms with Crippen molar-refractivity contribution in [2.75, 3.05) is 18.5 Å². The van der Waals surface area contributed by atoms with Gasteiger partial charge in [0.25, 0.3) is 0 Å². The molecule has 0 saturated carbocycles. The van der Waals surface area contributed by atoms with Gasteiger partial charge in [-0.05, 0) is 18.6 Å². The molecule has 0 saturated heterocycles. The normalized spacial score (nSPS) is 9.94. The smallest absolute Gasteiger partial charge is 0.313 e. The van der Waals surface area contributed by atoms with Gasteiger partial charge in [0.15, 0.2) is 0 Å². The summed E-state index contributed by atoms with van der Waals surface area (Å²) >= 11 is 0. The van der Waals surface area contributed by atoms with Crippen molar-refractivity contribution in [3.05, 3.63) is 29.8 Å². The molecule has 0 fully saturated rings. The van der Waals surface area contributed by atoms with E-state index in [1.807, 2.05) is 5.32 Å². The Morgan fingerprint density at radius 3 is 2.33 bits per heavy atom. The highest BCUT2D eigenvalue weighted by Crippen LogP contribution is 2.17. The highest BCUT2D eigenvalue weighted by atomic mass is 19.1. The van der Waals surface area contributed by atoms with Gasteiger partial charge in [-0.1, -0.05) is 6.07 Å². The average Bonchev–Trinajstić information content (AvgIpc) is 2.34. The number of benzene rings is 1. The number of amides is 2. The van der Waals surface area contributed by atoms with Crippen LogP contribution in [0.15, 0.2) is 18.2 Å². The van der Waals surface area contributed by atoms with E-state index >= 15 is 0 Å². The van der Waals surface area contributed by atoms with Crippen LogP contribution >= 0.6 is 0 Å². The van der Waals surface area contributed by atoms with Crippen molar-refractivity contribution >= 4 is 17.5 Å². The zero-order valence-corrected chi connectivity index (χ0v) is 9.37. The lowest BCUT2D eigenvalue weighted by atomic mass is 10.3. The minimum absolute atomic E-state index is 0.0997. The van der Waals surface area contributed by atoms with Crippen LogP contribution in [-0.4, -0.2) is 30.1 Å². The third-order valence-corrected chi connectivity index (χ3v) is 2.03. The molecule has 7 heteroatoms. The van der Waals surface area contributed by atoms with Crippen LogP contribution in [-0.2, 0) is 9.59 Å². The Balaban J connectivity index is 2.61. The zero-order valence-electron chi connectivity index (χ0n) is 9.37. The number of aliphatic hydroxyl groups excluding tert-OH is 1. The molecule has 0 heterocycles. The molecule has 98 valence electrons. The lowest BCUT2D eigenvalue weighted by Crippen LogP contribution is -2.36. The van der Waals surface area contributed by atoms with E-state index in [0.717, 1.165) is 18.2 Å². The number of aliphatic hydroxyl groups is 1. The number of hydrogen-bond donors (Lipinski definition) is 3. The highest BCUT2D eigenvalue weighted by Gasteiger charge is 2.17. The number of anilines is 1. The molecule has 0 aliphatic carbocycles. The van der Waals surface area contributed by atoms with Gasteiger partial charge in [-0.3, -0.25) is 9.59 Å². The van der Waals surface area contributed by atoms with Gasteiger partial charge in [0.05, 0.1) is 0 Å². The summed E-state index contributed by atoms with van der Waals surface area (Å²) in [5.41, 5.74) is -0.667. The van der Waals surface area contributed by atoms with Crippen molar-refractivity contribution < 1.29 is 23.5 Å². The Labute approximate surface area is 102 Å². The summed E-state index contributed by atoms with van der Waals surface area (Å²) in [5, 5.41) is 12.5. The topological polar surface area (TPSA) is 78.4 Å². The first kappa shape index (κ1) is 14.0. The summed E-state index contributed by atoms with van der Waals surface area (Å²) in [6.07, 6.45) is 0.285. The van der Waals surface area contributed by atoms with Gasteiger partial charge < -0.3 is 15.7 Å². The first-order chi connectivity index (χ1) is 8.56. The second-order valence-electron chi connectivity index (χ2n) is 3.38. The summed E-state index contributed by atoms with van der Waals surface area (Å²) in [5.74, 6) is -4.12. The molecule has 0 aromatic heterocycles. The maximum atomic E-state index is 13.2. The van der Waals surface area contributed by atoms with Crippen molar-refractivity contribution in [3.63, 3.8) is 0 Å². The minimum atomic E-state index is -1.17. The number of nitrogens with one attached hydrogen (secondary N) is 2. The molecule has 1 rings (SSSR count). The predicted molar refractivity (Wildman–Crippen MR) is 59.7 cm³/mol. The average molecular weight is 258 g/mol. The Hall–Kier alpha value is -2.02. The third kappa shape index (κ3) is 3.77. The third-order valence-electron chi connectivity index (χ3n) is 2.03. The molecule has 2 amide bonds. The fraction of sp³-hybridized carbons (Fsp3) is 0.273. The van der Waals surface area contributed by atoms with Crippen LogP contribution in [0.4, 0.5) is 14.5 Å². The SMILES string of the molecule is O=C(NCCCO)C(=O)Nc1c(F)cccc1F. The maximum absolute atomic E-state index is 13.2. The van der Waals surface area contributed by atoms with Gasteiger partial charge in [0, 0.05) is 13.2 Å². The van der Waals surface area contributed by atoms with E-state index in [9.17, 15) is 18.4 Å². The van der Waals surface area contributed by atoms with E-state index in [4.69, 9.17) is 5.11 Å². The molecule has 0 aliphatic heterocycles. The van der Waals surface area contributed by atoms with Gasteiger partial charge >= 0.3 is 11.8 Å². The lowest BCUT2D eigenvalue weighted by Gasteiger charge is -2.07. The molecule has 1 aromatic rings. The van der Waals surface area contributed by atoms with E-state index in [0.29, 0.717) is 0 Å². The Morgan fingerprint density at radius 2 is 1.78 bits per heavy atom. The van der Waals surface area contributed by atoms with Crippen LogP contribution in [0.3, 0.4) is 0 Å². The lowest BCUT2D eigenvalue weighted by molar-refractivity contribution is -0.136. The van der Waals surface area contributed by atoms with Crippen LogP contribution in [0.5, 0.6) is 0 Å². The minimum Gasteiger partial charge on any atom is -0.396 e. The predicted octanol–water partition coefficient (Wildman–Crippen LogP) is 0.402.